The summed E-state index contributed by atoms with van der Waals surface area (Å²) in [6.45, 7) is 2.45. The Labute approximate surface area is 125 Å². The fourth-order valence-corrected chi connectivity index (χ4v) is 0.674. The van der Waals surface area contributed by atoms with Gasteiger partial charge in [0.05, 0.1) is 0 Å². The number of nitrogens with two attached hydrogens (primary N) is 1. The summed E-state index contributed by atoms with van der Waals surface area (Å²) < 4.78 is 0. The molecule has 0 aliphatic heterocycles. The van der Waals surface area contributed by atoms with Crippen molar-refractivity contribution in [1.29, 1.82) is 0 Å². The Bertz CT molecular complexity index is 256. The summed E-state index contributed by atoms with van der Waals surface area (Å²) in [6, 6.07) is 12.0. The molecule has 0 aliphatic rings. The Morgan fingerprint density at radius 3 is 1.35 bits per heavy atom. The zero-order valence-electron chi connectivity index (χ0n) is 9.59. The van der Waals surface area contributed by atoms with E-state index in [1.54, 1.807) is 0 Å². The van der Waals surface area contributed by atoms with Gasteiger partial charge in [0.15, 0.2) is 0 Å². The van der Waals surface area contributed by atoms with Crippen LogP contribution >= 0.6 is 24.4 Å². The minimum atomic E-state index is -0.750. The molecule has 0 atom stereocenters. The molecule has 7 heteroatoms. The summed E-state index contributed by atoms with van der Waals surface area (Å²) in [4.78, 5) is 0. The maximum absolute atomic E-state index is 9.75. The smallest absolute Gasteiger partial charge is 0.852 e. The van der Waals surface area contributed by atoms with E-state index in [2.05, 4.69) is 35.5 Å². The third-order valence-corrected chi connectivity index (χ3v) is 1.13. The van der Waals surface area contributed by atoms with Gasteiger partial charge in [-0.2, -0.15) is 0 Å². The number of nitrogens with one attached hydrogen (secondary N) is 1. The Hall–Kier alpha value is -0.777. The van der Waals surface area contributed by atoms with Gasteiger partial charge >= 0.3 is 19.5 Å². The minimum Gasteiger partial charge on any atom is -0.852 e. The number of benzene rings is 1. The molecular weight excluding hydrogens is 310 g/mol. The monoisotopic (exact) mass is 322 g/mol. The van der Waals surface area contributed by atoms with E-state index in [0.717, 1.165) is 0 Å². The van der Waals surface area contributed by atoms with Crippen LogP contribution in [0.15, 0.2) is 36.4 Å². The molecule has 0 saturated carbocycles. The molecule has 0 radical (unpaired) electrons. The van der Waals surface area contributed by atoms with Gasteiger partial charge in [-0.15, -0.1) is 0 Å². The van der Waals surface area contributed by atoms with Gasteiger partial charge in [-0.25, -0.2) is 0 Å². The maximum atomic E-state index is 9.75. The van der Waals surface area contributed by atoms with Crippen molar-refractivity contribution in [2.75, 3.05) is 6.54 Å². The molecule has 0 saturated heterocycles. The van der Waals surface area contributed by atoms with Crippen molar-refractivity contribution < 1.29 is 29.7 Å². The van der Waals surface area contributed by atoms with Crippen LogP contribution < -0.4 is 21.3 Å². The van der Waals surface area contributed by atoms with Gasteiger partial charge in [-0.3, -0.25) is 0 Å². The van der Waals surface area contributed by atoms with Crippen LogP contribution in [-0.4, -0.2) is 16.9 Å². The average Bonchev–Trinajstić information content (AvgIpc) is 2.20. The van der Waals surface area contributed by atoms with Crippen LogP contribution in [0.2, 0.25) is 0 Å². The van der Waals surface area contributed by atoms with Gasteiger partial charge in [0, 0.05) is 16.9 Å². The molecule has 90 valence electrons. The van der Waals surface area contributed by atoms with Crippen molar-refractivity contribution >= 4 is 34.8 Å². The second-order valence-electron chi connectivity index (χ2n) is 2.29. The first-order chi connectivity index (χ1) is 7.50. The first-order valence-corrected chi connectivity index (χ1v) is 5.23. The predicted octanol–water partition coefficient (Wildman–Crippen LogP) is -0.484. The summed E-state index contributed by atoms with van der Waals surface area (Å²) >= 11 is 7.89. The molecule has 3 N–H and O–H groups in total. The molecule has 17 heavy (non-hydrogen) atoms. The Morgan fingerprint density at radius 2 is 1.29 bits per heavy atom. The molecule has 1 aromatic rings. The third kappa shape index (κ3) is 39.4. The van der Waals surface area contributed by atoms with E-state index in [0.29, 0.717) is 6.54 Å². The standard InChI is InChI=1S/C6H6.C3H7NOS.CH3NOS.Zn/c1-2-4-6-5-3-1;1-2-4-3(5)6;2-1(3)4;/h1-6H;2H2,1H3,(H2,4,5,6);(H3,2,3,4);/q;;;+2/p-2. The molecule has 0 amide bonds. The van der Waals surface area contributed by atoms with Gasteiger partial charge in [-0.1, -0.05) is 60.8 Å². The second kappa shape index (κ2) is 17.6. The number of thiocarbonyl (C=S) groups is 2. The van der Waals surface area contributed by atoms with E-state index in [9.17, 15) is 5.11 Å². The van der Waals surface area contributed by atoms with Crippen molar-refractivity contribution in [2.45, 2.75) is 6.92 Å². The fraction of sp³-hybridized carbons (Fsp3) is 0.200. The summed E-state index contributed by atoms with van der Waals surface area (Å²) in [5.74, 6) is 0. The van der Waals surface area contributed by atoms with E-state index in [4.69, 9.17) is 5.11 Å². The summed E-state index contributed by atoms with van der Waals surface area (Å²) in [5.41, 5.74) is 4.29. The van der Waals surface area contributed by atoms with Gasteiger partial charge in [0.25, 0.3) is 0 Å². The molecule has 1 rings (SSSR count). The fourth-order valence-electron chi connectivity index (χ4n) is 0.529. The summed E-state index contributed by atoms with van der Waals surface area (Å²) in [6.07, 6.45) is 0. The molecule has 0 unspecified atom stereocenters. The van der Waals surface area contributed by atoms with Crippen molar-refractivity contribution in [3.8, 4) is 0 Å². The van der Waals surface area contributed by atoms with E-state index in [1.165, 1.54) is 0 Å². The zero-order valence-corrected chi connectivity index (χ0v) is 14.2. The van der Waals surface area contributed by atoms with Crippen LogP contribution in [0, 0.1) is 0 Å². The van der Waals surface area contributed by atoms with E-state index < -0.39 is 5.17 Å². The normalized spacial score (nSPS) is 6.88. The molecule has 0 aromatic heterocycles. The van der Waals surface area contributed by atoms with Crippen LogP contribution in [0.1, 0.15) is 6.92 Å². The molecule has 0 bridgehead atoms. The average molecular weight is 324 g/mol. The maximum Gasteiger partial charge on any atom is 2.00 e. The van der Waals surface area contributed by atoms with Crippen molar-refractivity contribution in [2.24, 2.45) is 5.73 Å². The quantitative estimate of drug-likeness (QED) is 0.536. The largest absolute Gasteiger partial charge is 2.00 e. The summed E-state index contributed by atoms with van der Waals surface area (Å²) in [5, 5.41) is 20.0. The molecule has 0 heterocycles. The van der Waals surface area contributed by atoms with Crippen LogP contribution in [0.25, 0.3) is 0 Å². The SMILES string of the molecule is CCNC([O-])=S.NC([O-])=S.[Zn+2].c1ccccc1. The molecule has 0 spiro atoms. The van der Waals surface area contributed by atoms with E-state index in [-0.39, 0.29) is 24.7 Å². The zero-order chi connectivity index (χ0) is 12.8. The first-order valence-electron chi connectivity index (χ1n) is 4.42. The first kappa shape index (κ1) is 21.5. The van der Waals surface area contributed by atoms with Gasteiger partial charge < -0.3 is 21.3 Å². The minimum absolute atomic E-state index is 0. The summed E-state index contributed by atoms with van der Waals surface area (Å²) in [7, 11) is 0. The van der Waals surface area contributed by atoms with Crippen LogP contribution in [-0.2, 0) is 19.5 Å². The number of rotatable bonds is 1. The van der Waals surface area contributed by atoms with E-state index >= 15 is 0 Å². The molecule has 1 aromatic carbocycles. The van der Waals surface area contributed by atoms with Crippen LogP contribution in [0.3, 0.4) is 0 Å². The van der Waals surface area contributed by atoms with E-state index in [1.807, 2.05) is 43.3 Å². The van der Waals surface area contributed by atoms with Gasteiger partial charge in [0.1, 0.15) is 0 Å². The van der Waals surface area contributed by atoms with Gasteiger partial charge in [0.2, 0.25) is 0 Å². The number of hydrogen-bond donors (Lipinski definition) is 2. The van der Waals surface area contributed by atoms with Crippen LogP contribution in [0.4, 0.5) is 0 Å². The van der Waals surface area contributed by atoms with Crippen molar-refractivity contribution in [3.63, 3.8) is 0 Å². The molecule has 0 aliphatic carbocycles. The second-order valence-corrected chi connectivity index (χ2v) is 3.06. The van der Waals surface area contributed by atoms with Crippen LogP contribution in [0.5, 0.6) is 0 Å². The predicted molar refractivity (Wildman–Crippen MR) is 69.5 cm³/mol. The van der Waals surface area contributed by atoms with Crippen molar-refractivity contribution in [3.05, 3.63) is 36.4 Å². The molecule has 4 nitrogen and oxygen atoms in total. The Morgan fingerprint density at radius 1 is 1.06 bits per heavy atom. The Kier molecular flexibility index (Phi) is 22.3. The van der Waals surface area contributed by atoms with Gasteiger partial charge in [-0.05, 0) is 6.92 Å². The molecular formula is C10H14N2O2S2Zn. The molecule has 0 fully saturated rings. The van der Waals surface area contributed by atoms with Crippen molar-refractivity contribution in [1.82, 2.24) is 5.32 Å². The number of hydrogen-bond acceptors (Lipinski definition) is 4. The third-order valence-electron chi connectivity index (χ3n) is 0.988. The topological polar surface area (TPSA) is 84.2 Å². The Balaban J connectivity index is -0.000000172.